The SMILES string of the molecule is CN1CCNC(=O)C12CCN(C(=O)C1CC(c3ccc(O)cc3)NN1)CC2. The van der Waals surface area contributed by atoms with Gasteiger partial charge in [-0.1, -0.05) is 12.1 Å². The molecule has 0 aromatic heterocycles. The number of carbonyl (C=O) groups excluding carboxylic acids is 2. The predicted octanol–water partition coefficient (Wildman–Crippen LogP) is -0.277. The van der Waals surface area contributed by atoms with Crippen molar-refractivity contribution in [2.24, 2.45) is 0 Å². The van der Waals surface area contributed by atoms with Gasteiger partial charge in [0.05, 0.1) is 0 Å². The van der Waals surface area contributed by atoms with E-state index in [9.17, 15) is 14.7 Å². The molecule has 0 bridgehead atoms. The fraction of sp³-hybridized carbons (Fsp3) is 0.579. The van der Waals surface area contributed by atoms with Crippen LogP contribution in [0.2, 0.25) is 0 Å². The molecule has 1 spiro atoms. The van der Waals surface area contributed by atoms with Crippen molar-refractivity contribution in [1.29, 1.82) is 0 Å². The highest BCUT2D eigenvalue weighted by Gasteiger charge is 2.47. The maximum atomic E-state index is 12.9. The number of aromatic hydroxyl groups is 1. The fourth-order valence-electron chi connectivity index (χ4n) is 4.46. The minimum absolute atomic E-state index is 0.0333. The lowest BCUT2D eigenvalue weighted by Gasteiger charge is -2.48. The summed E-state index contributed by atoms with van der Waals surface area (Å²) in [5.41, 5.74) is 6.86. The van der Waals surface area contributed by atoms with E-state index in [2.05, 4.69) is 21.1 Å². The summed E-state index contributed by atoms with van der Waals surface area (Å²) in [5.74, 6) is 0.408. The first kappa shape index (κ1) is 18.2. The Labute approximate surface area is 158 Å². The summed E-state index contributed by atoms with van der Waals surface area (Å²) in [6.45, 7) is 2.73. The van der Waals surface area contributed by atoms with Gasteiger partial charge in [0.1, 0.15) is 17.3 Å². The number of benzene rings is 1. The first-order valence-corrected chi connectivity index (χ1v) is 9.58. The van der Waals surface area contributed by atoms with E-state index in [1.165, 1.54) is 0 Å². The lowest BCUT2D eigenvalue weighted by atomic mass is 9.83. The minimum atomic E-state index is -0.467. The molecule has 0 radical (unpaired) electrons. The van der Waals surface area contributed by atoms with Crippen LogP contribution in [0.3, 0.4) is 0 Å². The first-order chi connectivity index (χ1) is 13.0. The molecular formula is C19H27N5O3. The van der Waals surface area contributed by atoms with Crippen molar-refractivity contribution in [3.8, 4) is 5.75 Å². The van der Waals surface area contributed by atoms with Crippen LogP contribution in [0.1, 0.15) is 30.9 Å². The largest absolute Gasteiger partial charge is 0.508 e. The number of amides is 2. The second-order valence-corrected chi connectivity index (χ2v) is 7.76. The molecule has 3 aliphatic rings. The molecule has 4 rings (SSSR count). The summed E-state index contributed by atoms with van der Waals surface area (Å²) in [6.07, 6.45) is 2.00. The van der Waals surface area contributed by atoms with Crippen molar-refractivity contribution in [3.63, 3.8) is 0 Å². The molecule has 27 heavy (non-hydrogen) atoms. The molecule has 3 aliphatic heterocycles. The van der Waals surface area contributed by atoms with E-state index < -0.39 is 5.54 Å². The van der Waals surface area contributed by atoms with Gasteiger partial charge < -0.3 is 15.3 Å². The topological polar surface area (TPSA) is 96.9 Å². The first-order valence-electron chi connectivity index (χ1n) is 9.58. The number of hydrazine groups is 1. The molecule has 0 saturated carbocycles. The van der Waals surface area contributed by atoms with Crippen LogP contribution in [-0.4, -0.2) is 71.5 Å². The number of piperazine rings is 1. The van der Waals surface area contributed by atoms with Crippen LogP contribution in [-0.2, 0) is 9.59 Å². The Bertz CT molecular complexity index is 715. The summed E-state index contributed by atoms with van der Waals surface area (Å²) in [5, 5.41) is 12.4. The van der Waals surface area contributed by atoms with E-state index in [0.717, 1.165) is 12.1 Å². The number of likely N-dealkylation sites (N-methyl/N-ethyl adjacent to an activating group) is 1. The molecule has 1 aromatic rings. The van der Waals surface area contributed by atoms with E-state index in [1.807, 2.05) is 24.1 Å². The van der Waals surface area contributed by atoms with E-state index in [1.54, 1.807) is 12.1 Å². The average Bonchev–Trinajstić information content (AvgIpc) is 3.17. The van der Waals surface area contributed by atoms with Crippen LogP contribution in [0.5, 0.6) is 5.75 Å². The average molecular weight is 373 g/mol. The molecule has 2 atom stereocenters. The molecule has 8 heteroatoms. The van der Waals surface area contributed by atoms with Gasteiger partial charge in [-0.15, -0.1) is 0 Å². The van der Waals surface area contributed by atoms with E-state index >= 15 is 0 Å². The third-order valence-corrected chi connectivity index (χ3v) is 6.29. The molecule has 3 fully saturated rings. The van der Waals surface area contributed by atoms with Gasteiger partial charge in [-0.05, 0) is 44.0 Å². The molecule has 146 valence electrons. The van der Waals surface area contributed by atoms with Gasteiger partial charge in [-0.2, -0.15) is 0 Å². The number of nitrogens with one attached hydrogen (secondary N) is 3. The van der Waals surface area contributed by atoms with Crippen LogP contribution in [0.15, 0.2) is 24.3 Å². The second-order valence-electron chi connectivity index (χ2n) is 7.76. The molecule has 4 N–H and O–H groups in total. The Morgan fingerprint density at radius 1 is 1.15 bits per heavy atom. The number of phenols is 1. The standard InChI is InChI=1S/C19H27N5O3/c1-23-11-8-20-18(27)19(23)6-9-24(10-7-19)17(26)16-12-15(21-22-16)13-2-4-14(25)5-3-13/h2-5,15-16,21-22,25H,6-12H2,1H3,(H,20,27). The van der Waals surface area contributed by atoms with Crippen molar-refractivity contribution in [2.75, 3.05) is 33.2 Å². The van der Waals surface area contributed by atoms with Gasteiger partial charge in [0, 0.05) is 32.2 Å². The zero-order chi connectivity index (χ0) is 19.0. The minimum Gasteiger partial charge on any atom is -0.508 e. The Hall–Kier alpha value is -2.16. The van der Waals surface area contributed by atoms with Crippen LogP contribution in [0.25, 0.3) is 0 Å². The lowest BCUT2D eigenvalue weighted by molar-refractivity contribution is -0.145. The van der Waals surface area contributed by atoms with E-state index in [-0.39, 0.29) is 29.6 Å². The maximum Gasteiger partial charge on any atom is 0.241 e. The quantitative estimate of drug-likeness (QED) is 0.570. The van der Waals surface area contributed by atoms with Crippen molar-refractivity contribution in [2.45, 2.75) is 36.9 Å². The molecular weight excluding hydrogens is 346 g/mol. The Kier molecular flexibility index (Phi) is 4.79. The smallest absolute Gasteiger partial charge is 0.241 e. The number of hydrogen-bond acceptors (Lipinski definition) is 6. The molecule has 3 heterocycles. The normalized spacial score (nSPS) is 28.3. The second kappa shape index (κ2) is 7.10. The zero-order valence-corrected chi connectivity index (χ0v) is 15.6. The number of likely N-dealkylation sites (tertiary alicyclic amines) is 1. The monoisotopic (exact) mass is 373 g/mol. The summed E-state index contributed by atoms with van der Waals surface area (Å²) >= 11 is 0. The van der Waals surface area contributed by atoms with Crippen molar-refractivity contribution in [1.82, 2.24) is 26.0 Å². The fourth-order valence-corrected chi connectivity index (χ4v) is 4.46. The van der Waals surface area contributed by atoms with Crippen LogP contribution >= 0.6 is 0 Å². The molecule has 8 nitrogen and oxygen atoms in total. The number of rotatable bonds is 2. The highest BCUT2D eigenvalue weighted by Crippen LogP contribution is 2.31. The van der Waals surface area contributed by atoms with Gasteiger partial charge in [0.15, 0.2) is 0 Å². The Morgan fingerprint density at radius 3 is 2.52 bits per heavy atom. The van der Waals surface area contributed by atoms with Crippen LogP contribution in [0, 0.1) is 0 Å². The number of phenolic OH excluding ortho intramolecular Hbond substituents is 1. The van der Waals surface area contributed by atoms with Crippen molar-refractivity contribution in [3.05, 3.63) is 29.8 Å². The number of carbonyl (C=O) groups is 2. The van der Waals surface area contributed by atoms with E-state index in [0.29, 0.717) is 38.9 Å². The summed E-state index contributed by atoms with van der Waals surface area (Å²) < 4.78 is 0. The number of piperidine rings is 1. The predicted molar refractivity (Wildman–Crippen MR) is 99.7 cm³/mol. The van der Waals surface area contributed by atoms with Gasteiger partial charge in [-0.25, -0.2) is 10.9 Å². The molecule has 0 aliphatic carbocycles. The van der Waals surface area contributed by atoms with Gasteiger partial charge in [0.25, 0.3) is 0 Å². The van der Waals surface area contributed by atoms with Crippen molar-refractivity contribution >= 4 is 11.8 Å². The molecule has 3 saturated heterocycles. The van der Waals surface area contributed by atoms with Gasteiger partial charge in [0.2, 0.25) is 11.8 Å². The van der Waals surface area contributed by atoms with Gasteiger partial charge in [-0.3, -0.25) is 14.5 Å². The highest BCUT2D eigenvalue weighted by molar-refractivity contribution is 5.88. The molecule has 2 amide bonds. The highest BCUT2D eigenvalue weighted by atomic mass is 16.3. The third-order valence-electron chi connectivity index (χ3n) is 6.29. The number of nitrogens with zero attached hydrogens (tertiary/aromatic N) is 2. The maximum absolute atomic E-state index is 12.9. The van der Waals surface area contributed by atoms with E-state index in [4.69, 9.17) is 0 Å². The third kappa shape index (κ3) is 3.28. The summed E-state index contributed by atoms with van der Waals surface area (Å²) in [7, 11) is 2.00. The zero-order valence-electron chi connectivity index (χ0n) is 15.6. The van der Waals surface area contributed by atoms with Crippen molar-refractivity contribution < 1.29 is 14.7 Å². The lowest BCUT2D eigenvalue weighted by Crippen LogP contribution is -2.67. The molecule has 1 aromatic carbocycles. The van der Waals surface area contributed by atoms with Crippen LogP contribution in [0.4, 0.5) is 0 Å². The summed E-state index contributed by atoms with van der Waals surface area (Å²) in [6, 6.07) is 6.79. The molecule has 2 unspecified atom stereocenters. The Balaban J connectivity index is 1.36. The Morgan fingerprint density at radius 2 is 1.85 bits per heavy atom. The van der Waals surface area contributed by atoms with Gasteiger partial charge >= 0.3 is 0 Å². The summed E-state index contributed by atoms with van der Waals surface area (Å²) in [4.78, 5) is 29.4. The number of hydrogen-bond donors (Lipinski definition) is 4. The van der Waals surface area contributed by atoms with Crippen LogP contribution < -0.4 is 16.2 Å².